The average Bonchev–Trinajstić information content (AvgIpc) is 3.47. The number of amides is 6. The van der Waals surface area contributed by atoms with Gasteiger partial charge in [0.05, 0.1) is 34.6 Å². The Bertz CT molecular complexity index is 2240. The van der Waals surface area contributed by atoms with E-state index < -0.39 is 35.9 Å². The second-order valence-electron chi connectivity index (χ2n) is 15.1. The van der Waals surface area contributed by atoms with Gasteiger partial charge in [-0.05, 0) is 80.0 Å². The molecule has 3 aliphatic rings. The highest BCUT2D eigenvalue weighted by atomic mass is 16.3. The third kappa shape index (κ3) is 8.55. The van der Waals surface area contributed by atoms with E-state index in [1.165, 1.54) is 6.07 Å². The zero-order valence-electron chi connectivity index (χ0n) is 32.4. The van der Waals surface area contributed by atoms with Crippen molar-refractivity contribution < 1.29 is 33.9 Å². The zero-order chi connectivity index (χ0) is 40.9. The first kappa shape index (κ1) is 40.0. The van der Waals surface area contributed by atoms with E-state index in [9.17, 15) is 33.9 Å². The molecule has 1 aromatic heterocycles. The number of carbonyl (C=O) groups excluding carboxylic acids is 6. The van der Waals surface area contributed by atoms with Crippen molar-refractivity contribution in [2.45, 2.75) is 69.6 Å². The van der Waals surface area contributed by atoms with Crippen LogP contribution in [0.5, 0.6) is 0 Å². The summed E-state index contributed by atoms with van der Waals surface area (Å²) in [5, 5.41) is 19.7. The van der Waals surface area contributed by atoms with Crippen LogP contribution >= 0.6 is 0 Å². The molecule has 58 heavy (non-hydrogen) atoms. The molecule has 4 heterocycles. The van der Waals surface area contributed by atoms with E-state index in [0.717, 1.165) is 52.0 Å². The van der Waals surface area contributed by atoms with E-state index in [2.05, 4.69) is 33.1 Å². The summed E-state index contributed by atoms with van der Waals surface area (Å²) in [5.41, 5.74) is 10.6. The quantitative estimate of drug-likeness (QED) is 0.0705. The number of fused-ring (bicyclic) bond motifs is 2. The molecule has 7 rings (SSSR count). The van der Waals surface area contributed by atoms with Crippen LogP contribution in [0.25, 0.3) is 10.9 Å². The van der Waals surface area contributed by atoms with E-state index in [0.29, 0.717) is 50.1 Å². The third-order valence-electron chi connectivity index (χ3n) is 11.2. The minimum atomic E-state index is -1.19. The van der Waals surface area contributed by atoms with Gasteiger partial charge in [0.1, 0.15) is 12.3 Å². The Morgan fingerprint density at radius 3 is 2.48 bits per heavy atom. The second kappa shape index (κ2) is 17.5. The lowest BCUT2D eigenvalue weighted by molar-refractivity contribution is -0.136. The van der Waals surface area contributed by atoms with E-state index in [1.807, 2.05) is 41.3 Å². The number of aromatic nitrogens is 1. The van der Waals surface area contributed by atoms with Crippen molar-refractivity contribution in [1.29, 1.82) is 0 Å². The molecule has 3 aliphatic heterocycles. The number of nitrogens with two attached hydrogens (primary N) is 1. The van der Waals surface area contributed by atoms with Crippen LogP contribution in [0.1, 0.15) is 95.4 Å². The number of hydrogen-bond acceptors (Lipinski definition) is 11. The lowest BCUT2D eigenvalue weighted by Gasteiger charge is -2.32. The van der Waals surface area contributed by atoms with Gasteiger partial charge in [0.15, 0.2) is 0 Å². The fourth-order valence-electron chi connectivity index (χ4n) is 8.11. The van der Waals surface area contributed by atoms with E-state index in [4.69, 9.17) is 5.73 Å². The number of likely N-dealkylation sites (tertiary alicyclic amines) is 1. The Kier molecular flexibility index (Phi) is 12.1. The number of imide groups is 2. The number of carbonyl (C=O) groups is 6. The number of hydrogen-bond donors (Lipinski definition) is 5. The summed E-state index contributed by atoms with van der Waals surface area (Å²) >= 11 is 0. The van der Waals surface area contributed by atoms with Gasteiger partial charge in [-0.15, -0.1) is 0 Å². The van der Waals surface area contributed by atoms with Crippen LogP contribution in [-0.4, -0.2) is 94.6 Å². The number of rotatable bonds is 14. The molecule has 15 nitrogen and oxygen atoms in total. The number of likely N-dealkylation sites (N-methyl/N-ethyl adjacent to an activating group) is 1. The molecule has 302 valence electrons. The first-order valence-electron chi connectivity index (χ1n) is 19.8. The third-order valence-corrected chi connectivity index (χ3v) is 11.2. The van der Waals surface area contributed by atoms with Gasteiger partial charge in [-0.25, -0.2) is 0 Å². The van der Waals surface area contributed by atoms with Crippen molar-refractivity contribution in [3.8, 4) is 0 Å². The van der Waals surface area contributed by atoms with Crippen molar-refractivity contribution in [2.24, 2.45) is 5.73 Å². The maximum atomic E-state index is 13.4. The zero-order valence-corrected chi connectivity index (χ0v) is 32.4. The van der Waals surface area contributed by atoms with Gasteiger partial charge in [0.25, 0.3) is 11.8 Å². The number of unbranched alkanes of at least 4 members (excludes halogenated alkanes) is 2. The number of pyridine rings is 1. The van der Waals surface area contributed by atoms with Gasteiger partial charge in [-0.3, -0.25) is 44.0 Å². The predicted octanol–water partition coefficient (Wildman–Crippen LogP) is 3.85. The number of nitrogens with zero attached hydrogens (tertiary/aromatic N) is 4. The fourth-order valence-corrected chi connectivity index (χ4v) is 8.11. The molecule has 2 unspecified atom stereocenters. The van der Waals surface area contributed by atoms with Gasteiger partial charge in [-0.2, -0.15) is 0 Å². The van der Waals surface area contributed by atoms with E-state index in [-0.39, 0.29) is 48.2 Å². The highest BCUT2D eigenvalue weighted by Crippen LogP contribution is 2.37. The van der Waals surface area contributed by atoms with Gasteiger partial charge in [-0.1, -0.05) is 36.8 Å². The maximum absolute atomic E-state index is 13.4. The molecule has 2 atom stereocenters. The number of aliphatic hydroxyl groups is 1. The Labute approximate surface area is 335 Å². The van der Waals surface area contributed by atoms with Crippen molar-refractivity contribution >= 4 is 63.4 Å². The molecule has 2 saturated heterocycles. The monoisotopic (exact) mass is 788 g/mol. The molecular weight excluding hydrogens is 741 g/mol. The standard InChI is InChI=1S/C43H48N8O7/c1-49(33-12-8-11-29-38(33)43(58)51(42(29)57)34-16-17-35(52)48-41(34)56)25-36(53)45-20-7-3-6-13-37(54)50-21-18-26(19-22-50)27-14-15-32-30(23-27)39(31(24-46-32)40(44)55)47-28-9-4-2-5-10-28/h2,4-5,8-12,14-15,23-24,26,34,40,55H,3,6-7,13,16-22,25,44H2,1H3,(H,45,53)(H,46,47)(H,48,52,56). The fraction of sp³-hybridized carbons (Fsp3) is 0.372. The lowest BCUT2D eigenvalue weighted by atomic mass is 9.88. The molecule has 0 bridgehead atoms. The molecule has 15 heteroatoms. The largest absolute Gasteiger partial charge is 0.374 e. The number of nitrogens with one attached hydrogen (secondary N) is 3. The minimum Gasteiger partial charge on any atom is -0.374 e. The molecule has 2 fully saturated rings. The molecule has 3 aromatic carbocycles. The van der Waals surface area contributed by atoms with Crippen molar-refractivity contribution in [1.82, 2.24) is 25.4 Å². The highest BCUT2D eigenvalue weighted by Gasteiger charge is 2.46. The van der Waals surface area contributed by atoms with Crippen LogP contribution in [0.4, 0.5) is 17.1 Å². The lowest BCUT2D eigenvalue weighted by Crippen LogP contribution is -2.54. The maximum Gasteiger partial charge on any atom is 0.264 e. The summed E-state index contributed by atoms with van der Waals surface area (Å²) in [5.74, 6) is -2.23. The smallest absolute Gasteiger partial charge is 0.264 e. The van der Waals surface area contributed by atoms with Crippen LogP contribution in [0, 0.1) is 0 Å². The highest BCUT2D eigenvalue weighted by molar-refractivity contribution is 6.25. The van der Waals surface area contributed by atoms with Gasteiger partial charge in [0, 0.05) is 62.4 Å². The molecule has 0 spiro atoms. The van der Waals surface area contributed by atoms with E-state index in [1.54, 1.807) is 30.3 Å². The SMILES string of the molecule is CN(CC(=O)NCCCCCC(=O)N1CCC(c2ccc3ncc(C(N)O)c(Nc4ccccc4)c3c2)CC1)c1cccc2c1C(=O)N(C1CCC(=O)NC1=O)C2=O. The molecule has 6 amide bonds. The molecule has 0 saturated carbocycles. The Hall–Kier alpha value is -6.19. The summed E-state index contributed by atoms with van der Waals surface area (Å²) in [7, 11) is 1.65. The van der Waals surface area contributed by atoms with Gasteiger partial charge < -0.3 is 31.3 Å². The predicted molar refractivity (Wildman–Crippen MR) is 217 cm³/mol. The van der Waals surface area contributed by atoms with Gasteiger partial charge in [0.2, 0.25) is 23.6 Å². The number of aliphatic hydroxyl groups excluding tert-OH is 1. The summed E-state index contributed by atoms with van der Waals surface area (Å²) in [4.78, 5) is 85.6. The summed E-state index contributed by atoms with van der Waals surface area (Å²) in [6, 6.07) is 19.6. The molecule has 0 radical (unpaired) electrons. The van der Waals surface area contributed by atoms with Crippen LogP contribution in [0.15, 0.2) is 72.9 Å². The summed E-state index contributed by atoms with van der Waals surface area (Å²) < 4.78 is 0. The van der Waals surface area contributed by atoms with Crippen LogP contribution in [0.3, 0.4) is 0 Å². The number of piperidine rings is 2. The molecular formula is C43H48N8O7. The van der Waals surface area contributed by atoms with Crippen molar-refractivity contribution in [2.75, 3.05) is 43.4 Å². The van der Waals surface area contributed by atoms with E-state index >= 15 is 0 Å². The number of benzene rings is 3. The molecule has 4 aromatic rings. The van der Waals surface area contributed by atoms with Gasteiger partial charge >= 0.3 is 0 Å². The average molecular weight is 789 g/mol. The first-order chi connectivity index (χ1) is 28.0. The van der Waals surface area contributed by atoms with Crippen LogP contribution in [-0.2, 0) is 19.2 Å². The van der Waals surface area contributed by atoms with Crippen molar-refractivity contribution in [3.05, 3.63) is 95.2 Å². The first-order valence-corrected chi connectivity index (χ1v) is 19.8. The Balaban J connectivity index is 0.843. The second-order valence-corrected chi connectivity index (χ2v) is 15.1. The number of para-hydroxylation sites is 1. The number of anilines is 3. The summed E-state index contributed by atoms with van der Waals surface area (Å²) in [6.07, 6.45) is 4.76. The normalized spacial score (nSPS) is 17.6. The van der Waals surface area contributed by atoms with Crippen LogP contribution < -0.4 is 26.6 Å². The Morgan fingerprint density at radius 2 is 1.74 bits per heavy atom. The Morgan fingerprint density at radius 1 is 0.966 bits per heavy atom. The molecule has 6 N–H and O–H groups in total. The topological polar surface area (TPSA) is 207 Å². The summed E-state index contributed by atoms with van der Waals surface area (Å²) in [6.45, 7) is 1.69. The van der Waals surface area contributed by atoms with Crippen LogP contribution in [0.2, 0.25) is 0 Å². The molecule has 0 aliphatic carbocycles. The minimum absolute atomic E-state index is 0.0270. The van der Waals surface area contributed by atoms with Crippen molar-refractivity contribution in [3.63, 3.8) is 0 Å².